The lowest BCUT2D eigenvalue weighted by atomic mass is 9.82. The van der Waals surface area contributed by atoms with Crippen LogP contribution in [0.5, 0.6) is 0 Å². The highest BCUT2D eigenvalue weighted by Crippen LogP contribution is 2.32. The number of nitrogens with one attached hydrogen (secondary N) is 1. The summed E-state index contributed by atoms with van der Waals surface area (Å²) >= 11 is 0. The quantitative estimate of drug-likeness (QED) is 0.802. The van der Waals surface area contributed by atoms with E-state index in [0.29, 0.717) is 26.1 Å². The molecule has 1 saturated carbocycles. The summed E-state index contributed by atoms with van der Waals surface area (Å²) < 4.78 is 0. The monoisotopic (exact) mass is 254 g/mol. The van der Waals surface area contributed by atoms with Crippen LogP contribution in [0.3, 0.4) is 0 Å². The first-order valence-electron chi connectivity index (χ1n) is 6.77. The third kappa shape index (κ3) is 3.15. The molecule has 2 N–H and O–H groups in total. The molecule has 1 unspecified atom stereocenters. The maximum absolute atomic E-state index is 11.9. The number of carbonyl (C=O) groups excluding carboxylic acids is 1. The van der Waals surface area contributed by atoms with Crippen molar-refractivity contribution >= 4 is 12.0 Å². The van der Waals surface area contributed by atoms with Gasteiger partial charge in [0.2, 0.25) is 0 Å². The van der Waals surface area contributed by atoms with Gasteiger partial charge in [-0.2, -0.15) is 0 Å². The van der Waals surface area contributed by atoms with Gasteiger partial charge in [0.05, 0.1) is 5.41 Å². The molecular formula is C13H22N2O3. The number of hydrogen-bond acceptors (Lipinski definition) is 2. The van der Waals surface area contributed by atoms with E-state index in [9.17, 15) is 14.7 Å². The Bertz CT molecular complexity index is 341. The SMILES string of the molecule is CC1(C(=O)O)CCCN(C(=O)NCCC2CC2)C1. The van der Waals surface area contributed by atoms with Gasteiger partial charge in [0.25, 0.3) is 0 Å². The van der Waals surface area contributed by atoms with Gasteiger partial charge in [-0.3, -0.25) is 4.79 Å². The number of nitrogens with zero attached hydrogens (tertiary/aromatic N) is 1. The second-order valence-corrected chi connectivity index (χ2v) is 5.85. The lowest BCUT2D eigenvalue weighted by molar-refractivity contribution is -0.150. The smallest absolute Gasteiger partial charge is 0.317 e. The summed E-state index contributed by atoms with van der Waals surface area (Å²) in [6.07, 6.45) is 5.04. The summed E-state index contributed by atoms with van der Waals surface area (Å²) in [4.78, 5) is 24.8. The number of carbonyl (C=O) groups is 2. The molecule has 1 aliphatic carbocycles. The van der Waals surface area contributed by atoms with Crippen molar-refractivity contribution in [2.75, 3.05) is 19.6 Å². The van der Waals surface area contributed by atoms with E-state index >= 15 is 0 Å². The maximum atomic E-state index is 11.9. The summed E-state index contributed by atoms with van der Waals surface area (Å²) in [5.74, 6) is -0.00563. The zero-order chi connectivity index (χ0) is 13.2. The van der Waals surface area contributed by atoms with Crippen molar-refractivity contribution in [3.05, 3.63) is 0 Å². The van der Waals surface area contributed by atoms with Gasteiger partial charge in [-0.1, -0.05) is 12.8 Å². The lowest BCUT2D eigenvalue weighted by Gasteiger charge is -2.37. The summed E-state index contributed by atoms with van der Waals surface area (Å²) in [7, 11) is 0. The molecule has 2 rings (SSSR count). The first-order chi connectivity index (χ1) is 8.51. The largest absolute Gasteiger partial charge is 0.481 e. The molecule has 1 saturated heterocycles. The molecule has 0 spiro atoms. The van der Waals surface area contributed by atoms with Crippen LogP contribution >= 0.6 is 0 Å². The molecule has 2 aliphatic rings. The molecule has 0 radical (unpaired) electrons. The minimum absolute atomic E-state index is 0.108. The zero-order valence-electron chi connectivity index (χ0n) is 10.9. The Morgan fingerprint density at radius 3 is 2.78 bits per heavy atom. The highest BCUT2D eigenvalue weighted by molar-refractivity contribution is 5.78. The van der Waals surface area contributed by atoms with E-state index in [1.54, 1.807) is 11.8 Å². The van der Waals surface area contributed by atoms with Gasteiger partial charge in [0.15, 0.2) is 0 Å². The number of urea groups is 1. The van der Waals surface area contributed by atoms with Crippen molar-refractivity contribution in [2.24, 2.45) is 11.3 Å². The summed E-state index contributed by atoms with van der Waals surface area (Å²) in [5, 5.41) is 12.1. The minimum atomic E-state index is -0.807. The normalized spacial score (nSPS) is 27.9. The van der Waals surface area contributed by atoms with Crippen LogP contribution in [-0.2, 0) is 4.79 Å². The fourth-order valence-corrected chi connectivity index (χ4v) is 2.49. The molecule has 18 heavy (non-hydrogen) atoms. The first-order valence-corrected chi connectivity index (χ1v) is 6.77. The van der Waals surface area contributed by atoms with Gasteiger partial charge < -0.3 is 15.3 Å². The molecule has 1 atom stereocenters. The fourth-order valence-electron chi connectivity index (χ4n) is 2.49. The predicted octanol–water partition coefficient (Wildman–Crippen LogP) is 1.68. The molecule has 5 nitrogen and oxygen atoms in total. The van der Waals surface area contributed by atoms with Crippen LogP contribution in [0.2, 0.25) is 0 Å². The molecular weight excluding hydrogens is 232 g/mol. The number of carboxylic acids is 1. The number of piperidine rings is 1. The van der Waals surface area contributed by atoms with E-state index in [-0.39, 0.29) is 6.03 Å². The molecule has 0 bridgehead atoms. The van der Waals surface area contributed by atoms with Gasteiger partial charge in [0.1, 0.15) is 0 Å². The second-order valence-electron chi connectivity index (χ2n) is 5.85. The Morgan fingerprint density at radius 2 is 2.17 bits per heavy atom. The van der Waals surface area contributed by atoms with Crippen LogP contribution in [0.15, 0.2) is 0 Å². The van der Waals surface area contributed by atoms with Crippen molar-refractivity contribution in [3.8, 4) is 0 Å². The Hall–Kier alpha value is -1.26. The number of carboxylic acid groups (broad SMARTS) is 1. The van der Waals surface area contributed by atoms with E-state index in [0.717, 1.165) is 18.8 Å². The van der Waals surface area contributed by atoms with E-state index in [4.69, 9.17) is 0 Å². The summed E-state index contributed by atoms with van der Waals surface area (Å²) in [6, 6.07) is -0.108. The molecule has 1 heterocycles. The van der Waals surface area contributed by atoms with Crippen molar-refractivity contribution in [1.82, 2.24) is 10.2 Å². The average molecular weight is 254 g/mol. The molecule has 2 fully saturated rings. The third-order valence-corrected chi connectivity index (χ3v) is 4.03. The van der Waals surface area contributed by atoms with Crippen LogP contribution in [0.25, 0.3) is 0 Å². The molecule has 2 amide bonds. The van der Waals surface area contributed by atoms with E-state index < -0.39 is 11.4 Å². The molecule has 0 aromatic carbocycles. The van der Waals surface area contributed by atoms with Crippen LogP contribution in [0.4, 0.5) is 4.79 Å². The van der Waals surface area contributed by atoms with Crippen LogP contribution < -0.4 is 5.32 Å². The lowest BCUT2D eigenvalue weighted by Crippen LogP contribution is -2.51. The number of hydrogen-bond donors (Lipinski definition) is 2. The average Bonchev–Trinajstić information content (AvgIpc) is 3.13. The van der Waals surface area contributed by atoms with Gasteiger partial charge in [-0.25, -0.2) is 4.79 Å². The number of likely N-dealkylation sites (tertiary alicyclic amines) is 1. The molecule has 1 aliphatic heterocycles. The topological polar surface area (TPSA) is 69.6 Å². The zero-order valence-corrected chi connectivity index (χ0v) is 10.9. The summed E-state index contributed by atoms with van der Waals surface area (Å²) in [5.41, 5.74) is -0.786. The van der Waals surface area contributed by atoms with E-state index in [1.165, 1.54) is 12.8 Å². The highest BCUT2D eigenvalue weighted by Gasteiger charge is 2.39. The number of rotatable bonds is 4. The van der Waals surface area contributed by atoms with E-state index in [1.807, 2.05) is 0 Å². The van der Waals surface area contributed by atoms with Gasteiger partial charge in [-0.15, -0.1) is 0 Å². The number of amides is 2. The Morgan fingerprint density at radius 1 is 1.44 bits per heavy atom. The minimum Gasteiger partial charge on any atom is -0.481 e. The van der Waals surface area contributed by atoms with Crippen molar-refractivity contribution in [3.63, 3.8) is 0 Å². The standard InChI is InChI=1S/C13H22N2O3/c1-13(11(16)17)6-2-8-15(9-13)12(18)14-7-5-10-3-4-10/h10H,2-9H2,1H3,(H,14,18)(H,16,17). The molecule has 0 aromatic heterocycles. The van der Waals surface area contributed by atoms with Gasteiger partial charge in [0, 0.05) is 19.6 Å². The number of aliphatic carboxylic acids is 1. The fraction of sp³-hybridized carbons (Fsp3) is 0.846. The van der Waals surface area contributed by atoms with Crippen LogP contribution in [0.1, 0.15) is 39.0 Å². The Balaban J connectivity index is 1.79. The molecule has 102 valence electrons. The Kier molecular flexibility index (Phi) is 3.78. The third-order valence-electron chi connectivity index (χ3n) is 4.03. The molecule has 5 heteroatoms. The second kappa shape index (κ2) is 5.16. The Labute approximate surface area is 108 Å². The van der Waals surface area contributed by atoms with Gasteiger partial charge in [-0.05, 0) is 32.1 Å². The highest BCUT2D eigenvalue weighted by atomic mass is 16.4. The maximum Gasteiger partial charge on any atom is 0.317 e. The summed E-state index contributed by atoms with van der Waals surface area (Å²) in [6.45, 7) is 3.42. The molecule has 0 aromatic rings. The van der Waals surface area contributed by atoms with Crippen molar-refractivity contribution < 1.29 is 14.7 Å². The van der Waals surface area contributed by atoms with Crippen LogP contribution in [0, 0.1) is 11.3 Å². The van der Waals surface area contributed by atoms with E-state index in [2.05, 4.69) is 5.32 Å². The van der Waals surface area contributed by atoms with Crippen molar-refractivity contribution in [1.29, 1.82) is 0 Å². The van der Waals surface area contributed by atoms with Crippen LogP contribution in [-0.4, -0.2) is 41.6 Å². The van der Waals surface area contributed by atoms with Crippen molar-refractivity contribution in [2.45, 2.75) is 39.0 Å². The first kappa shape index (κ1) is 13.2. The van der Waals surface area contributed by atoms with Gasteiger partial charge >= 0.3 is 12.0 Å². The predicted molar refractivity (Wildman–Crippen MR) is 67.3 cm³/mol.